The van der Waals surface area contributed by atoms with Crippen molar-refractivity contribution in [3.05, 3.63) is 29.3 Å². The monoisotopic (exact) mass is 312 g/mol. The lowest BCUT2D eigenvalue weighted by atomic mass is 10.0. The van der Waals surface area contributed by atoms with Gasteiger partial charge in [0.15, 0.2) is 0 Å². The molecule has 0 bridgehead atoms. The number of aliphatic hydroxyl groups excluding tert-OH is 1. The largest absolute Gasteiger partial charge is 0.395 e. The predicted octanol–water partition coefficient (Wildman–Crippen LogP) is 2.51. The maximum absolute atomic E-state index is 12.5. The number of hydrogen-bond acceptors (Lipinski definition) is 3. The van der Waals surface area contributed by atoms with Crippen molar-refractivity contribution in [2.24, 2.45) is 0 Å². The number of para-hydroxylation sites is 1. The van der Waals surface area contributed by atoms with Gasteiger partial charge in [-0.25, -0.2) is 0 Å². The van der Waals surface area contributed by atoms with Crippen molar-refractivity contribution in [2.75, 3.05) is 25.0 Å². The Hall–Kier alpha value is -1.10. The molecule has 1 aliphatic rings. The second kappa shape index (κ2) is 8.37. The zero-order chi connectivity index (χ0) is 14.5. The van der Waals surface area contributed by atoms with Crippen LogP contribution in [0, 0.1) is 13.8 Å². The molecule has 1 unspecified atom stereocenters. The molecule has 0 aromatic heterocycles. The number of amides is 1. The third-order valence-corrected chi connectivity index (χ3v) is 4.03. The van der Waals surface area contributed by atoms with Gasteiger partial charge in [-0.05, 0) is 44.4 Å². The van der Waals surface area contributed by atoms with Crippen molar-refractivity contribution in [2.45, 2.75) is 39.2 Å². The van der Waals surface area contributed by atoms with Gasteiger partial charge in [-0.15, -0.1) is 12.4 Å². The molecule has 1 aliphatic heterocycles. The average Bonchev–Trinajstić information content (AvgIpc) is 2.44. The standard InChI is InChI=1S/C16H24N2O2.ClH/c1-12-6-5-7-13(2)15(12)17-16(20)14-8-3-4-9-18(14)10-11-19;/h5-7,14,19H,3-4,8-11H2,1-2H3,(H,17,20);1H. The van der Waals surface area contributed by atoms with Crippen molar-refractivity contribution < 1.29 is 9.90 Å². The molecule has 118 valence electrons. The van der Waals surface area contributed by atoms with E-state index >= 15 is 0 Å². The van der Waals surface area contributed by atoms with Gasteiger partial charge in [0, 0.05) is 12.2 Å². The Morgan fingerprint density at radius 2 is 2.00 bits per heavy atom. The zero-order valence-electron chi connectivity index (χ0n) is 12.8. The number of piperidine rings is 1. The average molecular weight is 313 g/mol. The highest BCUT2D eigenvalue weighted by Gasteiger charge is 2.28. The molecule has 0 saturated carbocycles. The third-order valence-electron chi connectivity index (χ3n) is 4.03. The van der Waals surface area contributed by atoms with Gasteiger partial charge in [0.1, 0.15) is 0 Å². The lowest BCUT2D eigenvalue weighted by molar-refractivity contribution is -0.122. The highest BCUT2D eigenvalue weighted by Crippen LogP contribution is 2.22. The van der Waals surface area contributed by atoms with Crippen LogP contribution in [0.4, 0.5) is 5.69 Å². The van der Waals surface area contributed by atoms with E-state index in [1.165, 1.54) is 0 Å². The van der Waals surface area contributed by atoms with Crippen LogP contribution in [0.3, 0.4) is 0 Å². The van der Waals surface area contributed by atoms with Crippen molar-refractivity contribution in [1.29, 1.82) is 0 Å². The summed E-state index contributed by atoms with van der Waals surface area (Å²) in [6, 6.07) is 5.90. The van der Waals surface area contributed by atoms with E-state index in [1.54, 1.807) is 0 Å². The number of hydrogen-bond donors (Lipinski definition) is 2. The summed E-state index contributed by atoms with van der Waals surface area (Å²) in [5.74, 6) is 0.0514. The molecule has 0 radical (unpaired) electrons. The lowest BCUT2D eigenvalue weighted by Gasteiger charge is -2.34. The fourth-order valence-electron chi connectivity index (χ4n) is 2.90. The van der Waals surface area contributed by atoms with Crippen LogP contribution >= 0.6 is 12.4 Å². The van der Waals surface area contributed by atoms with E-state index in [2.05, 4.69) is 10.2 Å². The topological polar surface area (TPSA) is 52.6 Å². The van der Waals surface area contributed by atoms with Crippen LogP contribution in [-0.4, -0.2) is 41.7 Å². The molecule has 1 heterocycles. The molecule has 2 N–H and O–H groups in total. The maximum Gasteiger partial charge on any atom is 0.241 e. The minimum atomic E-state index is -0.116. The Balaban J connectivity index is 0.00000220. The molecule has 1 amide bonds. The lowest BCUT2D eigenvalue weighted by Crippen LogP contribution is -2.48. The highest BCUT2D eigenvalue weighted by molar-refractivity contribution is 5.96. The van der Waals surface area contributed by atoms with Gasteiger partial charge in [-0.1, -0.05) is 24.6 Å². The second-order valence-corrected chi connectivity index (χ2v) is 5.53. The van der Waals surface area contributed by atoms with Gasteiger partial charge in [-0.2, -0.15) is 0 Å². The summed E-state index contributed by atoms with van der Waals surface area (Å²) in [7, 11) is 0. The van der Waals surface area contributed by atoms with Crippen LogP contribution in [0.1, 0.15) is 30.4 Å². The molecule has 2 rings (SSSR count). The number of β-amino-alcohol motifs (C(OH)–C–C–N with tert-alkyl or cyclic N) is 1. The molecular weight excluding hydrogens is 288 g/mol. The van der Waals surface area contributed by atoms with Gasteiger partial charge in [-0.3, -0.25) is 9.69 Å². The number of nitrogens with one attached hydrogen (secondary N) is 1. The fourth-order valence-corrected chi connectivity index (χ4v) is 2.90. The van der Waals surface area contributed by atoms with E-state index < -0.39 is 0 Å². The van der Waals surface area contributed by atoms with Crippen LogP contribution in [0.15, 0.2) is 18.2 Å². The van der Waals surface area contributed by atoms with Crippen LogP contribution in [-0.2, 0) is 4.79 Å². The molecule has 5 heteroatoms. The van der Waals surface area contributed by atoms with E-state index in [0.717, 1.165) is 42.6 Å². The zero-order valence-corrected chi connectivity index (χ0v) is 13.6. The molecule has 1 aromatic rings. The number of likely N-dealkylation sites (tertiary alicyclic amines) is 1. The quantitative estimate of drug-likeness (QED) is 0.898. The molecular formula is C16H25ClN2O2. The second-order valence-electron chi connectivity index (χ2n) is 5.53. The smallest absolute Gasteiger partial charge is 0.241 e. The Morgan fingerprint density at radius 3 is 2.62 bits per heavy atom. The SMILES string of the molecule is Cc1cccc(C)c1NC(=O)C1CCCCN1CCO.Cl. The number of anilines is 1. The maximum atomic E-state index is 12.5. The molecule has 0 spiro atoms. The van der Waals surface area contributed by atoms with Crippen molar-refractivity contribution in [3.63, 3.8) is 0 Å². The predicted molar refractivity (Wildman–Crippen MR) is 88.1 cm³/mol. The normalized spacial score (nSPS) is 18.9. The minimum absolute atomic E-state index is 0. The van der Waals surface area contributed by atoms with Gasteiger partial charge in [0.2, 0.25) is 5.91 Å². The van der Waals surface area contributed by atoms with Crippen LogP contribution in [0.5, 0.6) is 0 Å². The molecule has 4 nitrogen and oxygen atoms in total. The molecule has 1 atom stereocenters. The first-order chi connectivity index (χ1) is 9.63. The third kappa shape index (κ3) is 4.43. The van der Waals surface area contributed by atoms with E-state index in [1.807, 2.05) is 32.0 Å². The molecule has 1 fully saturated rings. The summed E-state index contributed by atoms with van der Waals surface area (Å²) in [6.45, 7) is 5.59. The van der Waals surface area contributed by atoms with Crippen molar-refractivity contribution >= 4 is 24.0 Å². The number of aryl methyl sites for hydroxylation is 2. The first-order valence-corrected chi connectivity index (χ1v) is 7.35. The number of benzene rings is 1. The Labute approximate surface area is 132 Å². The summed E-state index contributed by atoms with van der Waals surface area (Å²) < 4.78 is 0. The highest BCUT2D eigenvalue weighted by atomic mass is 35.5. The Morgan fingerprint density at radius 1 is 1.33 bits per heavy atom. The molecule has 0 aliphatic carbocycles. The van der Waals surface area contributed by atoms with Gasteiger partial charge in [0.05, 0.1) is 12.6 Å². The minimum Gasteiger partial charge on any atom is -0.395 e. The fraction of sp³-hybridized carbons (Fsp3) is 0.562. The number of carbonyl (C=O) groups excluding carboxylic acids is 1. The molecule has 21 heavy (non-hydrogen) atoms. The van der Waals surface area contributed by atoms with Gasteiger partial charge < -0.3 is 10.4 Å². The number of nitrogens with zero attached hydrogens (tertiary/aromatic N) is 1. The van der Waals surface area contributed by atoms with Crippen LogP contribution in [0.2, 0.25) is 0 Å². The van der Waals surface area contributed by atoms with E-state index in [-0.39, 0.29) is 31.0 Å². The number of carbonyl (C=O) groups is 1. The Kier molecular flexibility index (Phi) is 7.15. The van der Waals surface area contributed by atoms with Crippen LogP contribution < -0.4 is 5.32 Å². The van der Waals surface area contributed by atoms with Crippen LogP contribution in [0.25, 0.3) is 0 Å². The van der Waals surface area contributed by atoms with Crippen molar-refractivity contribution in [3.8, 4) is 0 Å². The molecule has 1 saturated heterocycles. The number of aliphatic hydroxyl groups is 1. The first kappa shape index (κ1) is 18.0. The number of rotatable bonds is 4. The summed E-state index contributed by atoms with van der Waals surface area (Å²) >= 11 is 0. The number of halogens is 1. The van der Waals surface area contributed by atoms with Crippen molar-refractivity contribution in [1.82, 2.24) is 4.90 Å². The molecule has 1 aromatic carbocycles. The van der Waals surface area contributed by atoms with Gasteiger partial charge >= 0.3 is 0 Å². The van der Waals surface area contributed by atoms with Gasteiger partial charge in [0.25, 0.3) is 0 Å². The first-order valence-electron chi connectivity index (χ1n) is 7.35. The summed E-state index contributed by atoms with van der Waals surface area (Å²) in [5.41, 5.74) is 3.10. The van der Waals surface area contributed by atoms with E-state index in [0.29, 0.717) is 6.54 Å². The van der Waals surface area contributed by atoms with E-state index in [4.69, 9.17) is 5.11 Å². The Bertz CT molecular complexity index is 457. The summed E-state index contributed by atoms with van der Waals surface area (Å²) in [6.07, 6.45) is 3.05. The summed E-state index contributed by atoms with van der Waals surface area (Å²) in [4.78, 5) is 14.6. The van der Waals surface area contributed by atoms with E-state index in [9.17, 15) is 4.79 Å². The summed E-state index contributed by atoms with van der Waals surface area (Å²) in [5, 5.41) is 12.2.